The van der Waals surface area contributed by atoms with Gasteiger partial charge in [-0.25, -0.2) is 4.39 Å². The van der Waals surface area contributed by atoms with Gasteiger partial charge in [-0.2, -0.15) is 0 Å². The van der Waals surface area contributed by atoms with E-state index in [9.17, 15) is 9.18 Å². The van der Waals surface area contributed by atoms with Crippen molar-refractivity contribution in [1.29, 1.82) is 0 Å². The summed E-state index contributed by atoms with van der Waals surface area (Å²) in [5.41, 5.74) is 5.27. The van der Waals surface area contributed by atoms with Crippen molar-refractivity contribution >= 4 is 5.78 Å². The summed E-state index contributed by atoms with van der Waals surface area (Å²) in [5.74, 6) is -0.201. The van der Waals surface area contributed by atoms with Crippen molar-refractivity contribution in [3.8, 4) is 22.3 Å². The van der Waals surface area contributed by atoms with E-state index in [1.807, 2.05) is 42.5 Å². The largest absolute Gasteiger partial charge is 0.289 e. The van der Waals surface area contributed by atoms with Crippen LogP contribution in [0.3, 0.4) is 0 Å². The van der Waals surface area contributed by atoms with Crippen LogP contribution < -0.4 is 0 Å². The van der Waals surface area contributed by atoms with Gasteiger partial charge >= 0.3 is 0 Å². The van der Waals surface area contributed by atoms with Crippen molar-refractivity contribution in [2.75, 3.05) is 0 Å². The lowest BCUT2D eigenvalue weighted by Gasteiger charge is -2.05. The van der Waals surface area contributed by atoms with E-state index < -0.39 is 0 Å². The van der Waals surface area contributed by atoms with Gasteiger partial charge in [-0.3, -0.25) is 4.79 Å². The molecular weight excluding hydrogens is 263 g/mol. The van der Waals surface area contributed by atoms with Gasteiger partial charge in [0.25, 0.3) is 0 Å². The normalized spacial score (nSPS) is 12.1. The van der Waals surface area contributed by atoms with Gasteiger partial charge in [0.1, 0.15) is 5.82 Å². The Morgan fingerprint density at radius 1 is 0.619 bits per heavy atom. The number of benzene rings is 3. The third kappa shape index (κ3) is 1.80. The van der Waals surface area contributed by atoms with E-state index in [0.29, 0.717) is 0 Å². The Balaban J connectivity index is 1.87. The molecule has 0 amide bonds. The molecule has 0 N–H and O–H groups in total. The summed E-state index contributed by atoms with van der Waals surface area (Å²) in [7, 11) is 0. The average molecular weight is 274 g/mol. The van der Waals surface area contributed by atoms with Crippen LogP contribution in [0.15, 0.2) is 66.7 Å². The first-order chi connectivity index (χ1) is 10.2. The molecule has 1 aliphatic carbocycles. The minimum Gasteiger partial charge on any atom is -0.289 e. The highest BCUT2D eigenvalue weighted by atomic mass is 19.1. The second-order valence-corrected chi connectivity index (χ2v) is 5.14. The molecule has 0 spiro atoms. The van der Waals surface area contributed by atoms with Gasteiger partial charge in [0.15, 0.2) is 5.78 Å². The van der Waals surface area contributed by atoms with Crippen LogP contribution >= 0.6 is 0 Å². The zero-order chi connectivity index (χ0) is 14.4. The van der Waals surface area contributed by atoms with Crippen LogP contribution in [0.2, 0.25) is 0 Å². The first-order valence-corrected chi connectivity index (χ1v) is 6.78. The zero-order valence-electron chi connectivity index (χ0n) is 11.1. The van der Waals surface area contributed by atoms with Crippen LogP contribution in [0.25, 0.3) is 22.3 Å². The molecule has 100 valence electrons. The Morgan fingerprint density at radius 3 is 2.00 bits per heavy atom. The molecule has 0 saturated heterocycles. The fourth-order valence-corrected chi connectivity index (χ4v) is 2.85. The molecule has 21 heavy (non-hydrogen) atoms. The van der Waals surface area contributed by atoms with Crippen molar-refractivity contribution in [1.82, 2.24) is 0 Å². The fraction of sp³-hybridized carbons (Fsp3) is 0. The van der Waals surface area contributed by atoms with Crippen LogP contribution in [0.4, 0.5) is 4.39 Å². The van der Waals surface area contributed by atoms with Crippen molar-refractivity contribution in [3.05, 3.63) is 83.7 Å². The van der Waals surface area contributed by atoms with Gasteiger partial charge in [0.2, 0.25) is 0 Å². The lowest BCUT2D eigenvalue weighted by Crippen LogP contribution is -1.95. The van der Waals surface area contributed by atoms with Gasteiger partial charge in [-0.1, -0.05) is 48.5 Å². The number of rotatable bonds is 1. The maximum atomic E-state index is 13.0. The highest BCUT2D eigenvalue weighted by molar-refractivity contribution is 6.22. The van der Waals surface area contributed by atoms with Crippen LogP contribution in [0, 0.1) is 5.82 Å². The Hall–Kier alpha value is -2.74. The van der Waals surface area contributed by atoms with Crippen LogP contribution in [0.5, 0.6) is 0 Å². The molecule has 0 fully saturated rings. The Bertz CT molecular complexity index is 863. The second kappa shape index (κ2) is 4.38. The average Bonchev–Trinajstić information content (AvgIpc) is 2.81. The number of carbonyl (C=O) groups excluding carboxylic acids is 1. The van der Waals surface area contributed by atoms with Crippen molar-refractivity contribution in [2.45, 2.75) is 0 Å². The van der Waals surface area contributed by atoms with Crippen LogP contribution in [-0.2, 0) is 0 Å². The lowest BCUT2D eigenvalue weighted by molar-refractivity contribution is 0.104. The molecule has 4 rings (SSSR count). The molecule has 0 heterocycles. The molecule has 0 unspecified atom stereocenters. The molecule has 0 saturated carbocycles. The molecule has 2 heteroatoms. The molecule has 1 nitrogen and oxygen atoms in total. The fourth-order valence-electron chi connectivity index (χ4n) is 2.85. The number of halogens is 1. The van der Waals surface area contributed by atoms with E-state index in [4.69, 9.17) is 0 Å². The van der Waals surface area contributed by atoms with Crippen molar-refractivity contribution in [3.63, 3.8) is 0 Å². The van der Waals surface area contributed by atoms with Gasteiger partial charge in [0, 0.05) is 11.1 Å². The summed E-state index contributed by atoms with van der Waals surface area (Å²) >= 11 is 0. The number of carbonyl (C=O) groups is 1. The molecule has 1 aliphatic rings. The predicted octanol–water partition coefficient (Wildman–Crippen LogP) is 4.70. The second-order valence-electron chi connectivity index (χ2n) is 5.14. The van der Waals surface area contributed by atoms with Crippen molar-refractivity contribution in [2.24, 2.45) is 0 Å². The SMILES string of the molecule is O=C1c2ccccc2-c2ccc(-c3ccc(F)cc3)cc21. The molecule has 0 atom stereocenters. The smallest absolute Gasteiger partial charge is 0.194 e. The molecule has 0 aliphatic heterocycles. The first-order valence-electron chi connectivity index (χ1n) is 6.78. The molecular formula is C19H11FO. The number of ketones is 1. The Labute approximate surface area is 121 Å². The van der Waals surface area contributed by atoms with Gasteiger partial charge < -0.3 is 0 Å². The lowest BCUT2D eigenvalue weighted by atomic mass is 9.99. The number of hydrogen-bond acceptors (Lipinski definition) is 1. The van der Waals surface area contributed by atoms with E-state index in [1.54, 1.807) is 12.1 Å². The van der Waals surface area contributed by atoms with Crippen molar-refractivity contribution < 1.29 is 9.18 Å². The molecule has 0 bridgehead atoms. The van der Waals surface area contributed by atoms with E-state index in [1.165, 1.54) is 12.1 Å². The summed E-state index contributed by atoms with van der Waals surface area (Å²) in [5, 5.41) is 0. The third-order valence-corrected chi connectivity index (χ3v) is 3.90. The van der Waals surface area contributed by atoms with E-state index in [-0.39, 0.29) is 11.6 Å². The molecule has 3 aromatic carbocycles. The predicted molar refractivity (Wildman–Crippen MR) is 80.7 cm³/mol. The topological polar surface area (TPSA) is 17.1 Å². The van der Waals surface area contributed by atoms with Crippen LogP contribution in [-0.4, -0.2) is 5.78 Å². The monoisotopic (exact) mass is 274 g/mol. The summed E-state index contributed by atoms with van der Waals surface area (Å²) in [6, 6.07) is 19.8. The molecule has 3 aromatic rings. The van der Waals surface area contributed by atoms with Gasteiger partial charge in [0.05, 0.1) is 0 Å². The molecule has 0 radical (unpaired) electrons. The third-order valence-electron chi connectivity index (χ3n) is 3.90. The zero-order valence-corrected chi connectivity index (χ0v) is 11.1. The highest BCUT2D eigenvalue weighted by Gasteiger charge is 2.26. The maximum Gasteiger partial charge on any atom is 0.194 e. The summed E-state index contributed by atoms with van der Waals surface area (Å²) in [6.45, 7) is 0. The Kier molecular flexibility index (Phi) is 2.51. The standard InChI is InChI=1S/C19H11FO/c20-14-8-5-12(6-9-14)13-7-10-16-15-3-1-2-4-17(15)19(21)18(16)11-13/h1-11H. The summed E-state index contributed by atoms with van der Waals surface area (Å²) in [4.78, 5) is 12.5. The minimum atomic E-state index is -0.261. The quantitative estimate of drug-likeness (QED) is 0.491. The van der Waals surface area contributed by atoms with Crippen LogP contribution in [0.1, 0.15) is 15.9 Å². The van der Waals surface area contributed by atoms with E-state index in [2.05, 4.69) is 0 Å². The number of hydrogen-bond donors (Lipinski definition) is 0. The Morgan fingerprint density at radius 2 is 1.24 bits per heavy atom. The maximum absolute atomic E-state index is 13.0. The summed E-state index contributed by atoms with van der Waals surface area (Å²) in [6.07, 6.45) is 0. The molecule has 0 aromatic heterocycles. The van der Waals surface area contributed by atoms with E-state index in [0.717, 1.165) is 33.4 Å². The summed E-state index contributed by atoms with van der Waals surface area (Å²) < 4.78 is 13.0. The first kappa shape index (κ1) is 12.0. The van der Waals surface area contributed by atoms with Gasteiger partial charge in [-0.15, -0.1) is 0 Å². The minimum absolute atomic E-state index is 0.0598. The highest BCUT2D eigenvalue weighted by Crippen LogP contribution is 2.38. The van der Waals surface area contributed by atoms with Gasteiger partial charge in [-0.05, 0) is 40.5 Å². The van der Waals surface area contributed by atoms with E-state index >= 15 is 0 Å². The number of fused-ring (bicyclic) bond motifs is 3.